The van der Waals surface area contributed by atoms with Crippen LogP contribution in [0.1, 0.15) is 0 Å². The fourth-order valence-corrected chi connectivity index (χ4v) is 3.22. The van der Waals surface area contributed by atoms with Crippen molar-refractivity contribution in [3.05, 3.63) is 0 Å². The summed E-state index contributed by atoms with van der Waals surface area (Å²) in [5, 5.41) is 17.2. The number of hydrogen-bond donors (Lipinski definition) is 2. The predicted octanol–water partition coefficient (Wildman–Crippen LogP) is 4.13. The van der Waals surface area contributed by atoms with E-state index in [0.717, 1.165) is 0 Å². The van der Waals surface area contributed by atoms with Crippen LogP contribution in [0.4, 0.5) is 70.2 Å². The summed E-state index contributed by atoms with van der Waals surface area (Å²) in [6.07, 6.45) is -20.3. The van der Waals surface area contributed by atoms with Gasteiger partial charge in [-0.3, -0.25) is 0 Å². The van der Waals surface area contributed by atoms with E-state index < -0.39 is 127 Å². The number of ether oxygens (including phenoxy) is 5. The van der Waals surface area contributed by atoms with Gasteiger partial charge < -0.3 is 33.9 Å². The minimum Gasteiger partial charge on any atom is -0.394 e. The second kappa shape index (κ2) is 16.8. The molecule has 0 heterocycles. The topological polar surface area (TPSA) is 86.6 Å². The van der Waals surface area contributed by atoms with Crippen LogP contribution in [0.5, 0.6) is 0 Å². The third-order valence-corrected chi connectivity index (χ3v) is 5.48. The molecule has 0 amide bonds. The highest BCUT2D eigenvalue weighted by Gasteiger charge is 2.78. The zero-order valence-corrected chi connectivity index (χ0v) is 21.4. The van der Waals surface area contributed by atoms with E-state index in [0.29, 0.717) is 0 Å². The first kappa shape index (κ1) is 41.6. The Morgan fingerprint density at radius 3 is 0.860 bits per heavy atom. The lowest BCUT2D eigenvalue weighted by molar-refractivity contribution is -0.368. The normalized spacial score (nSPS) is 14.7. The summed E-state index contributed by atoms with van der Waals surface area (Å²) < 4.78 is 238. The Kier molecular flexibility index (Phi) is 16.2. The van der Waals surface area contributed by atoms with Gasteiger partial charge in [-0.1, -0.05) is 0 Å². The fraction of sp³-hybridized carbons (Fsp3) is 1.00. The molecule has 0 rings (SSSR count). The van der Waals surface area contributed by atoms with Crippen molar-refractivity contribution in [2.45, 2.75) is 60.6 Å². The largest absolute Gasteiger partial charge is 0.394 e. The highest BCUT2D eigenvalue weighted by atomic mass is 19.3. The van der Waals surface area contributed by atoms with Crippen molar-refractivity contribution in [2.75, 3.05) is 66.1 Å². The maximum atomic E-state index is 14.2. The van der Waals surface area contributed by atoms with E-state index in [1.807, 2.05) is 0 Å². The van der Waals surface area contributed by atoms with Gasteiger partial charge in [-0.05, 0) is 0 Å². The van der Waals surface area contributed by atoms with Gasteiger partial charge in [-0.2, -0.15) is 35.1 Å². The molecule has 2 N–H and O–H groups in total. The minimum absolute atomic E-state index is 1.08. The second-order valence-corrected chi connectivity index (χ2v) is 8.21. The van der Waals surface area contributed by atoms with E-state index in [-0.39, 0.29) is 0 Å². The smallest absolute Gasteiger partial charge is 0.344 e. The maximum Gasteiger partial charge on any atom is 0.344 e. The van der Waals surface area contributed by atoms with Gasteiger partial charge >= 0.3 is 49.4 Å². The third kappa shape index (κ3) is 8.87. The first-order chi connectivity index (χ1) is 19.6. The monoisotopic (exact) mass is 682 g/mol. The lowest BCUT2D eigenvalue weighted by Crippen LogP contribution is -2.70. The van der Waals surface area contributed by atoms with Crippen molar-refractivity contribution in [3.63, 3.8) is 0 Å². The number of aliphatic hydroxyl groups excluding tert-OH is 2. The Balaban J connectivity index is 5.90. The highest BCUT2D eigenvalue weighted by molar-refractivity contribution is 5.09. The van der Waals surface area contributed by atoms with E-state index >= 15 is 0 Å². The van der Waals surface area contributed by atoms with E-state index in [4.69, 9.17) is 10.2 Å². The lowest BCUT2D eigenvalue weighted by atomic mass is 9.88. The van der Waals surface area contributed by atoms with Crippen LogP contribution >= 0.6 is 0 Å². The number of halogens is 16. The van der Waals surface area contributed by atoms with Crippen LogP contribution in [0.3, 0.4) is 0 Å². The molecule has 260 valence electrons. The zero-order valence-electron chi connectivity index (χ0n) is 21.4. The van der Waals surface area contributed by atoms with Gasteiger partial charge in [0.15, 0.2) is 0 Å². The number of rotatable bonds is 24. The van der Waals surface area contributed by atoms with Crippen molar-refractivity contribution >= 4 is 0 Å². The number of alkyl halides is 16. The molecule has 0 aliphatic carbocycles. The first-order valence-corrected chi connectivity index (χ1v) is 11.5. The Morgan fingerprint density at radius 2 is 0.651 bits per heavy atom. The molecule has 0 spiro atoms. The van der Waals surface area contributed by atoms with E-state index in [1.165, 1.54) is 0 Å². The standard InChI is InChI=1S/C20H26F16O7/c21-11(22)17(29,30)15(9-40-3-1-37,18(31,32)12(23)24)42-7-5-39-6-8-43-16(10-41-4-2-38,19(33,34)13(25)26)20(35,36)14(27)28/h11-14,37-38H,1-10H2. The lowest BCUT2D eigenvalue weighted by Gasteiger charge is -2.43. The Bertz CT molecular complexity index is 686. The molecule has 0 aliphatic heterocycles. The third-order valence-electron chi connectivity index (χ3n) is 5.48. The van der Waals surface area contributed by atoms with Crippen LogP contribution in [0, 0.1) is 0 Å². The van der Waals surface area contributed by atoms with Gasteiger partial charge in [0, 0.05) is 0 Å². The Hall–Kier alpha value is -1.40. The summed E-state index contributed by atoms with van der Waals surface area (Å²) in [7, 11) is 0. The van der Waals surface area contributed by atoms with Crippen LogP contribution < -0.4 is 0 Å². The molecule has 0 saturated carbocycles. The average Bonchev–Trinajstić information content (AvgIpc) is 2.89. The molecule has 0 radical (unpaired) electrons. The van der Waals surface area contributed by atoms with Crippen molar-refractivity contribution in [2.24, 2.45) is 0 Å². The Labute approximate surface area is 231 Å². The summed E-state index contributed by atoms with van der Waals surface area (Å²) in [5.74, 6) is -24.3. The number of aliphatic hydroxyl groups is 2. The van der Waals surface area contributed by atoms with Gasteiger partial charge in [0.25, 0.3) is 0 Å². The van der Waals surface area contributed by atoms with Crippen molar-refractivity contribution in [1.29, 1.82) is 0 Å². The van der Waals surface area contributed by atoms with Crippen LogP contribution in [0.15, 0.2) is 0 Å². The van der Waals surface area contributed by atoms with Crippen molar-refractivity contribution in [3.8, 4) is 0 Å². The van der Waals surface area contributed by atoms with Gasteiger partial charge in [0.05, 0.1) is 66.1 Å². The molecule has 0 aromatic rings. The summed E-state index contributed by atoms with van der Waals surface area (Å²) in [4.78, 5) is 0. The zero-order chi connectivity index (χ0) is 33.9. The molecule has 0 fully saturated rings. The quantitative estimate of drug-likeness (QED) is 0.117. The van der Waals surface area contributed by atoms with Crippen LogP contribution in [-0.2, 0) is 23.7 Å². The molecule has 0 aromatic carbocycles. The molecule has 0 unspecified atom stereocenters. The summed E-state index contributed by atoms with van der Waals surface area (Å²) >= 11 is 0. The molecule has 7 nitrogen and oxygen atoms in total. The molecular formula is C20H26F16O7. The predicted molar refractivity (Wildman–Crippen MR) is 108 cm³/mol. The van der Waals surface area contributed by atoms with Gasteiger partial charge in [0.2, 0.25) is 11.2 Å². The molecular weight excluding hydrogens is 656 g/mol. The molecule has 23 heteroatoms. The average molecular weight is 682 g/mol. The van der Waals surface area contributed by atoms with Crippen molar-refractivity contribution in [1.82, 2.24) is 0 Å². The van der Waals surface area contributed by atoms with E-state index in [1.54, 1.807) is 0 Å². The SMILES string of the molecule is OCCOCC(OCCOCCOC(COCCO)(C(F)(F)C(F)F)C(F)(F)C(F)F)(C(F)(F)C(F)F)C(F)(F)C(F)F. The van der Waals surface area contributed by atoms with Crippen molar-refractivity contribution < 1.29 is 104 Å². The second-order valence-electron chi connectivity index (χ2n) is 8.21. The van der Waals surface area contributed by atoms with E-state index in [9.17, 15) is 70.2 Å². The van der Waals surface area contributed by atoms with Crippen LogP contribution in [0.2, 0.25) is 0 Å². The molecule has 0 aliphatic rings. The first-order valence-electron chi connectivity index (χ1n) is 11.5. The van der Waals surface area contributed by atoms with Crippen LogP contribution in [-0.4, -0.2) is 137 Å². The molecule has 0 saturated heterocycles. The summed E-state index contributed by atoms with van der Waals surface area (Å²) in [6.45, 7) is -15.4. The summed E-state index contributed by atoms with van der Waals surface area (Å²) in [6, 6.07) is 0. The van der Waals surface area contributed by atoms with Gasteiger partial charge in [-0.25, -0.2) is 35.1 Å². The molecule has 43 heavy (non-hydrogen) atoms. The Morgan fingerprint density at radius 1 is 0.395 bits per heavy atom. The highest BCUT2D eigenvalue weighted by Crippen LogP contribution is 2.51. The molecule has 0 aromatic heterocycles. The minimum atomic E-state index is -6.08. The maximum absolute atomic E-state index is 14.2. The number of hydrogen-bond acceptors (Lipinski definition) is 7. The molecule has 0 atom stereocenters. The van der Waals surface area contributed by atoms with Gasteiger partial charge in [0.1, 0.15) is 0 Å². The molecule has 0 bridgehead atoms. The van der Waals surface area contributed by atoms with Crippen LogP contribution in [0.25, 0.3) is 0 Å². The van der Waals surface area contributed by atoms with E-state index in [2.05, 4.69) is 23.7 Å². The van der Waals surface area contributed by atoms with Gasteiger partial charge in [-0.15, -0.1) is 0 Å². The fourth-order valence-electron chi connectivity index (χ4n) is 3.22. The summed E-state index contributed by atoms with van der Waals surface area (Å²) in [5.41, 5.74) is -10.3.